The zero-order valence-electron chi connectivity index (χ0n) is 15.8. The summed E-state index contributed by atoms with van der Waals surface area (Å²) in [5.41, 5.74) is 2.88. The molecule has 4 nitrogen and oxygen atoms in total. The largest absolute Gasteiger partial charge is 0.291 e. The summed E-state index contributed by atoms with van der Waals surface area (Å²) in [6, 6.07) is 13.5. The van der Waals surface area contributed by atoms with Gasteiger partial charge in [0.15, 0.2) is 5.82 Å². The first kappa shape index (κ1) is 19.8. The van der Waals surface area contributed by atoms with Crippen molar-refractivity contribution in [2.45, 2.75) is 19.8 Å². The molecule has 0 atom stereocenters. The van der Waals surface area contributed by atoms with Crippen molar-refractivity contribution in [1.82, 2.24) is 14.6 Å². The minimum atomic E-state index is -0.172. The number of hydrogen-bond donors (Lipinski definition) is 0. The van der Waals surface area contributed by atoms with E-state index in [0.29, 0.717) is 31.3 Å². The van der Waals surface area contributed by atoms with Crippen LogP contribution in [0, 0.1) is 0 Å². The average molecular weight is 442 g/mol. The molecule has 2 aromatic heterocycles. The van der Waals surface area contributed by atoms with E-state index in [1.165, 1.54) is 21.4 Å². The lowest BCUT2D eigenvalue weighted by Crippen LogP contribution is -2.23. The van der Waals surface area contributed by atoms with Crippen LogP contribution in [0.4, 0.5) is 0 Å². The van der Waals surface area contributed by atoms with Crippen LogP contribution in [0.2, 0.25) is 10.0 Å². The van der Waals surface area contributed by atoms with Gasteiger partial charge in [-0.2, -0.15) is 9.50 Å². The fourth-order valence-corrected chi connectivity index (χ4v) is 4.24. The maximum absolute atomic E-state index is 12.7. The van der Waals surface area contributed by atoms with Gasteiger partial charge in [0.05, 0.1) is 4.53 Å². The van der Waals surface area contributed by atoms with Crippen molar-refractivity contribution < 1.29 is 0 Å². The molecule has 0 aliphatic heterocycles. The van der Waals surface area contributed by atoms with Crippen molar-refractivity contribution in [3.05, 3.63) is 89.9 Å². The molecule has 0 aliphatic rings. The van der Waals surface area contributed by atoms with Crippen molar-refractivity contribution in [3.8, 4) is 0 Å². The van der Waals surface area contributed by atoms with Crippen LogP contribution in [0.1, 0.15) is 42.3 Å². The van der Waals surface area contributed by atoms with Crippen molar-refractivity contribution in [3.63, 3.8) is 0 Å². The minimum absolute atomic E-state index is 0.172. The fourth-order valence-electron chi connectivity index (χ4n) is 2.85. The molecule has 7 heteroatoms. The molecule has 0 aliphatic carbocycles. The van der Waals surface area contributed by atoms with Gasteiger partial charge in [0, 0.05) is 10.0 Å². The summed E-state index contributed by atoms with van der Waals surface area (Å²) >= 11 is 13.4. The van der Waals surface area contributed by atoms with Crippen LogP contribution in [0.5, 0.6) is 0 Å². The van der Waals surface area contributed by atoms with Crippen LogP contribution in [0.25, 0.3) is 23.2 Å². The van der Waals surface area contributed by atoms with Crippen molar-refractivity contribution in [1.29, 1.82) is 0 Å². The number of aromatic nitrogens is 3. The number of fused-ring (bicyclic) bond motifs is 1. The van der Waals surface area contributed by atoms with Gasteiger partial charge in [-0.3, -0.25) is 4.79 Å². The highest BCUT2D eigenvalue weighted by molar-refractivity contribution is 7.15. The van der Waals surface area contributed by atoms with E-state index < -0.39 is 0 Å². The van der Waals surface area contributed by atoms with E-state index >= 15 is 0 Å². The predicted octanol–water partition coefficient (Wildman–Crippen LogP) is 5.30. The van der Waals surface area contributed by atoms with Gasteiger partial charge in [-0.1, -0.05) is 78.7 Å². The highest BCUT2D eigenvalue weighted by Gasteiger charge is 2.09. The van der Waals surface area contributed by atoms with E-state index in [0.717, 1.165) is 11.1 Å². The molecule has 0 unspecified atom stereocenters. The van der Waals surface area contributed by atoms with Crippen molar-refractivity contribution >= 4 is 57.7 Å². The topological polar surface area (TPSA) is 47.3 Å². The molecule has 0 saturated carbocycles. The Bertz CT molecular complexity index is 1320. The van der Waals surface area contributed by atoms with E-state index in [1.807, 2.05) is 24.3 Å². The molecule has 2 heterocycles. The Balaban J connectivity index is 1.63. The third-order valence-corrected chi connectivity index (χ3v) is 6.00. The monoisotopic (exact) mass is 441 g/mol. The molecule has 4 aromatic rings. The molecule has 4 rings (SSSR count). The zero-order valence-corrected chi connectivity index (χ0v) is 18.1. The van der Waals surface area contributed by atoms with Crippen LogP contribution in [-0.2, 0) is 0 Å². The number of thiazole rings is 1. The quantitative estimate of drug-likeness (QED) is 0.431. The second-order valence-electron chi connectivity index (χ2n) is 6.90. The summed E-state index contributed by atoms with van der Waals surface area (Å²) in [5.74, 6) is 0.926. The zero-order chi connectivity index (χ0) is 20.5. The Kier molecular flexibility index (Phi) is 5.54. The number of hydrogen-bond acceptors (Lipinski definition) is 4. The van der Waals surface area contributed by atoms with Crippen LogP contribution in [-0.4, -0.2) is 14.6 Å². The summed E-state index contributed by atoms with van der Waals surface area (Å²) in [4.78, 5) is 17.7. The molecule has 0 amide bonds. The molecule has 0 N–H and O–H groups in total. The molecule has 146 valence electrons. The maximum Gasteiger partial charge on any atom is 0.291 e. The Labute approximate surface area is 181 Å². The molecular weight excluding hydrogens is 425 g/mol. The third-order valence-electron chi connectivity index (χ3n) is 4.47. The molecule has 0 fully saturated rings. The molecule has 2 aromatic carbocycles. The first-order valence-electron chi connectivity index (χ1n) is 9.05. The highest BCUT2D eigenvalue weighted by Crippen LogP contribution is 2.22. The number of benzene rings is 2. The van der Waals surface area contributed by atoms with Gasteiger partial charge in [-0.05, 0) is 53.0 Å². The van der Waals surface area contributed by atoms with E-state index in [9.17, 15) is 4.79 Å². The van der Waals surface area contributed by atoms with E-state index in [-0.39, 0.29) is 5.56 Å². The number of nitrogens with zero attached hydrogens (tertiary/aromatic N) is 3. The first-order valence-corrected chi connectivity index (χ1v) is 10.6. The summed E-state index contributed by atoms with van der Waals surface area (Å²) < 4.78 is 1.94. The lowest BCUT2D eigenvalue weighted by atomic mass is 10.0. The lowest BCUT2D eigenvalue weighted by Gasteiger charge is -2.04. The molecular formula is C22H17Cl2N3OS. The van der Waals surface area contributed by atoms with Gasteiger partial charge in [-0.25, -0.2) is 0 Å². The number of halogens is 2. The van der Waals surface area contributed by atoms with Gasteiger partial charge in [0.25, 0.3) is 5.56 Å². The number of rotatable bonds is 4. The second kappa shape index (κ2) is 8.11. The Hall–Kier alpha value is -2.47. The van der Waals surface area contributed by atoms with Crippen LogP contribution < -0.4 is 10.1 Å². The van der Waals surface area contributed by atoms with Crippen LogP contribution in [0.15, 0.2) is 47.3 Å². The van der Waals surface area contributed by atoms with Gasteiger partial charge in [0.2, 0.25) is 4.96 Å². The molecule has 0 spiro atoms. The molecule has 29 heavy (non-hydrogen) atoms. The first-order chi connectivity index (χ1) is 13.9. The van der Waals surface area contributed by atoms with Crippen LogP contribution >= 0.6 is 34.5 Å². The van der Waals surface area contributed by atoms with Gasteiger partial charge < -0.3 is 0 Å². The highest BCUT2D eigenvalue weighted by atomic mass is 35.5. The Morgan fingerprint density at radius 3 is 2.48 bits per heavy atom. The predicted molar refractivity (Wildman–Crippen MR) is 122 cm³/mol. The minimum Gasteiger partial charge on any atom is -0.266 e. The van der Waals surface area contributed by atoms with E-state index in [4.69, 9.17) is 23.2 Å². The SMILES string of the molecule is CC(C)c1ccc(C=c2sc3nc(C=Cc4ccc(Cl)cc4Cl)nn3c2=O)cc1. The summed E-state index contributed by atoms with van der Waals surface area (Å²) in [6.07, 6.45) is 5.39. The molecule has 0 radical (unpaired) electrons. The fraction of sp³-hybridized carbons (Fsp3) is 0.136. The smallest absolute Gasteiger partial charge is 0.266 e. The van der Waals surface area contributed by atoms with Crippen LogP contribution in [0.3, 0.4) is 0 Å². The van der Waals surface area contributed by atoms with Crippen molar-refractivity contribution in [2.75, 3.05) is 0 Å². The molecule has 0 bridgehead atoms. The second-order valence-corrected chi connectivity index (χ2v) is 8.75. The van der Waals surface area contributed by atoms with Gasteiger partial charge in [0.1, 0.15) is 0 Å². The summed E-state index contributed by atoms with van der Waals surface area (Å²) in [6.45, 7) is 4.31. The van der Waals surface area contributed by atoms with Gasteiger partial charge in [-0.15, -0.1) is 5.10 Å². The van der Waals surface area contributed by atoms with Crippen molar-refractivity contribution in [2.24, 2.45) is 0 Å². The Morgan fingerprint density at radius 1 is 1.07 bits per heavy atom. The Morgan fingerprint density at radius 2 is 1.83 bits per heavy atom. The standard InChI is InChI=1S/C22H17Cl2N3OS/c1-13(2)15-5-3-14(4-6-15)11-19-21(28)27-22(29-19)25-20(26-27)10-8-16-7-9-17(23)12-18(16)24/h3-13H,1-2H3. The van der Waals surface area contributed by atoms with E-state index in [2.05, 4.69) is 36.1 Å². The van der Waals surface area contributed by atoms with E-state index in [1.54, 1.807) is 24.3 Å². The third kappa shape index (κ3) is 4.27. The maximum atomic E-state index is 12.7. The summed E-state index contributed by atoms with van der Waals surface area (Å²) in [5, 5.41) is 5.42. The summed E-state index contributed by atoms with van der Waals surface area (Å²) in [7, 11) is 0. The lowest BCUT2D eigenvalue weighted by molar-refractivity contribution is 0.866. The van der Waals surface area contributed by atoms with Gasteiger partial charge >= 0.3 is 0 Å². The molecule has 0 saturated heterocycles. The normalized spacial score (nSPS) is 12.7. The average Bonchev–Trinajstić information content (AvgIpc) is 3.21.